The molecule has 1 heterocycles. The monoisotopic (exact) mass is 278 g/mol. The molecule has 1 unspecified atom stereocenters. The molecule has 104 valence electrons. The summed E-state index contributed by atoms with van der Waals surface area (Å²) in [6.45, 7) is 6.64. The molecule has 2 rings (SSSR count). The van der Waals surface area contributed by atoms with Gasteiger partial charge in [0.2, 0.25) is 0 Å². The van der Waals surface area contributed by atoms with Crippen LogP contribution in [0.25, 0.3) is 11.0 Å². The highest BCUT2D eigenvalue weighted by Gasteiger charge is 2.15. The maximum Gasteiger partial charge on any atom is 0.125 e. The third-order valence-corrected chi connectivity index (χ3v) is 3.94. The number of benzene rings is 1. The van der Waals surface area contributed by atoms with E-state index < -0.39 is 0 Å². The van der Waals surface area contributed by atoms with Gasteiger partial charge in [0, 0.05) is 6.04 Å². The van der Waals surface area contributed by atoms with Crippen LogP contribution in [0.3, 0.4) is 0 Å². The average molecular weight is 279 g/mol. The van der Waals surface area contributed by atoms with Crippen LogP contribution in [-0.4, -0.2) is 9.55 Å². The minimum absolute atomic E-state index is 0.465. The Morgan fingerprint density at radius 3 is 2.79 bits per heavy atom. The minimum Gasteiger partial charge on any atom is -0.324 e. The number of rotatable bonds is 6. The molecule has 0 radical (unpaired) electrons. The normalized spacial score (nSPS) is 13.1. The van der Waals surface area contributed by atoms with E-state index in [2.05, 4.69) is 48.5 Å². The summed E-state index contributed by atoms with van der Waals surface area (Å²) in [7, 11) is 0. The zero-order valence-electron chi connectivity index (χ0n) is 12.1. The van der Waals surface area contributed by atoms with Gasteiger partial charge in [-0.1, -0.05) is 32.3 Å². The van der Waals surface area contributed by atoms with E-state index in [1.165, 1.54) is 36.8 Å². The second-order valence-electron chi connectivity index (χ2n) is 5.37. The maximum absolute atomic E-state index is 6.07. The van der Waals surface area contributed by atoms with Crippen molar-refractivity contribution in [2.45, 2.75) is 58.4 Å². The Bertz CT molecular complexity index is 545. The van der Waals surface area contributed by atoms with Gasteiger partial charge in [0.05, 0.1) is 16.9 Å². The number of alkyl halides is 1. The Morgan fingerprint density at radius 2 is 2.11 bits per heavy atom. The number of hydrogen-bond acceptors (Lipinski definition) is 1. The van der Waals surface area contributed by atoms with Crippen LogP contribution >= 0.6 is 11.6 Å². The minimum atomic E-state index is 0.465. The molecule has 2 nitrogen and oxygen atoms in total. The van der Waals surface area contributed by atoms with Crippen LogP contribution in [0.4, 0.5) is 0 Å². The van der Waals surface area contributed by atoms with E-state index in [1.54, 1.807) is 0 Å². The highest BCUT2D eigenvalue weighted by molar-refractivity contribution is 6.16. The Morgan fingerprint density at radius 1 is 1.32 bits per heavy atom. The van der Waals surface area contributed by atoms with E-state index in [4.69, 9.17) is 11.6 Å². The van der Waals surface area contributed by atoms with Crippen LogP contribution in [0.15, 0.2) is 18.2 Å². The van der Waals surface area contributed by atoms with Crippen LogP contribution in [0, 0.1) is 6.92 Å². The molecule has 0 saturated carbocycles. The van der Waals surface area contributed by atoms with Crippen LogP contribution in [0.1, 0.15) is 57.0 Å². The summed E-state index contributed by atoms with van der Waals surface area (Å²) in [6, 6.07) is 6.89. The summed E-state index contributed by atoms with van der Waals surface area (Å²) in [5.74, 6) is 1.47. The fraction of sp³-hybridized carbons (Fsp3) is 0.562. The first kappa shape index (κ1) is 14.4. The first-order valence-electron chi connectivity index (χ1n) is 7.20. The van der Waals surface area contributed by atoms with Crippen molar-refractivity contribution >= 4 is 22.6 Å². The van der Waals surface area contributed by atoms with Gasteiger partial charge in [-0.3, -0.25) is 0 Å². The lowest BCUT2D eigenvalue weighted by Gasteiger charge is -2.17. The highest BCUT2D eigenvalue weighted by Crippen LogP contribution is 2.26. The van der Waals surface area contributed by atoms with Crippen molar-refractivity contribution in [3.8, 4) is 0 Å². The molecule has 0 N–H and O–H groups in total. The first-order valence-corrected chi connectivity index (χ1v) is 7.74. The molecule has 0 bridgehead atoms. The summed E-state index contributed by atoms with van der Waals surface area (Å²) >= 11 is 6.07. The van der Waals surface area contributed by atoms with Crippen molar-refractivity contribution in [2.75, 3.05) is 0 Å². The van der Waals surface area contributed by atoms with E-state index >= 15 is 0 Å². The molecule has 1 atom stereocenters. The predicted molar refractivity (Wildman–Crippen MR) is 82.9 cm³/mol. The molecule has 19 heavy (non-hydrogen) atoms. The Labute approximate surface area is 120 Å². The van der Waals surface area contributed by atoms with Crippen molar-refractivity contribution in [1.29, 1.82) is 0 Å². The molecule has 2 aromatic rings. The molecule has 0 amide bonds. The number of fused-ring (bicyclic) bond motifs is 1. The molecule has 3 heteroatoms. The van der Waals surface area contributed by atoms with E-state index in [0.717, 1.165) is 11.3 Å². The predicted octanol–water partition coefficient (Wildman–Crippen LogP) is 5.22. The number of aromatic nitrogens is 2. The van der Waals surface area contributed by atoms with Gasteiger partial charge in [-0.15, -0.1) is 11.6 Å². The van der Waals surface area contributed by atoms with Gasteiger partial charge in [-0.25, -0.2) is 4.98 Å². The summed E-state index contributed by atoms with van der Waals surface area (Å²) in [6.07, 6.45) is 5.02. The molecule has 0 fully saturated rings. The molecular weight excluding hydrogens is 256 g/mol. The summed E-state index contributed by atoms with van der Waals surface area (Å²) in [5.41, 5.74) is 3.55. The van der Waals surface area contributed by atoms with Gasteiger partial charge in [0.1, 0.15) is 5.82 Å². The van der Waals surface area contributed by atoms with E-state index in [1.807, 2.05) is 0 Å². The SMILES string of the molecule is CCCCCC(C)n1c(CCl)nc2ccc(C)cc21. The largest absolute Gasteiger partial charge is 0.324 e. The molecule has 0 aliphatic rings. The Hall–Kier alpha value is -1.02. The van der Waals surface area contributed by atoms with Crippen molar-refractivity contribution in [2.24, 2.45) is 0 Å². The van der Waals surface area contributed by atoms with Crippen LogP contribution in [0.2, 0.25) is 0 Å². The fourth-order valence-electron chi connectivity index (χ4n) is 2.66. The van der Waals surface area contributed by atoms with Crippen LogP contribution in [-0.2, 0) is 5.88 Å². The number of halogens is 1. The standard InChI is InChI=1S/C16H23ClN2/c1-4-5-6-7-13(3)19-15-10-12(2)8-9-14(15)18-16(19)11-17/h8-10,13H,4-7,11H2,1-3H3. The summed E-state index contributed by atoms with van der Waals surface area (Å²) < 4.78 is 2.32. The lowest BCUT2D eigenvalue weighted by Crippen LogP contribution is -2.08. The van der Waals surface area contributed by atoms with Crippen molar-refractivity contribution < 1.29 is 0 Å². The average Bonchev–Trinajstić information content (AvgIpc) is 2.76. The van der Waals surface area contributed by atoms with E-state index in [0.29, 0.717) is 11.9 Å². The smallest absolute Gasteiger partial charge is 0.125 e. The molecular formula is C16H23ClN2. The lowest BCUT2D eigenvalue weighted by atomic mass is 10.1. The number of nitrogens with zero attached hydrogens (tertiary/aromatic N) is 2. The quantitative estimate of drug-likeness (QED) is 0.523. The number of unbranched alkanes of at least 4 members (excludes halogenated alkanes) is 2. The van der Waals surface area contributed by atoms with Gasteiger partial charge in [-0.2, -0.15) is 0 Å². The first-order chi connectivity index (χ1) is 9.17. The third kappa shape index (κ3) is 3.11. The lowest BCUT2D eigenvalue weighted by molar-refractivity contribution is 0.477. The van der Waals surface area contributed by atoms with Gasteiger partial charge in [0.25, 0.3) is 0 Å². The summed E-state index contributed by atoms with van der Waals surface area (Å²) in [4.78, 5) is 4.65. The molecule has 0 spiro atoms. The number of hydrogen-bond donors (Lipinski definition) is 0. The molecule has 1 aromatic carbocycles. The Kier molecular flexibility index (Phi) is 4.87. The van der Waals surface area contributed by atoms with Crippen LogP contribution in [0.5, 0.6) is 0 Å². The fourth-order valence-corrected chi connectivity index (χ4v) is 2.85. The maximum atomic E-state index is 6.07. The second kappa shape index (κ2) is 6.42. The molecule has 0 aliphatic heterocycles. The topological polar surface area (TPSA) is 17.8 Å². The zero-order chi connectivity index (χ0) is 13.8. The second-order valence-corrected chi connectivity index (χ2v) is 5.64. The molecule has 1 aromatic heterocycles. The number of aryl methyl sites for hydroxylation is 1. The van der Waals surface area contributed by atoms with Gasteiger partial charge in [0.15, 0.2) is 0 Å². The Balaban J connectivity index is 2.35. The van der Waals surface area contributed by atoms with Gasteiger partial charge < -0.3 is 4.57 Å². The highest BCUT2D eigenvalue weighted by atomic mass is 35.5. The third-order valence-electron chi connectivity index (χ3n) is 3.70. The van der Waals surface area contributed by atoms with Crippen molar-refractivity contribution in [3.05, 3.63) is 29.6 Å². The van der Waals surface area contributed by atoms with Crippen LogP contribution < -0.4 is 0 Å². The van der Waals surface area contributed by atoms with Crippen molar-refractivity contribution in [1.82, 2.24) is 9.55 Å². The number of imidazole rings is 1. The van der Waals surface area contributed by atoms with Crippen molar-refractivity contribution in [3.63, 3.8) is 0 Å². The zero-order valence-corrected chi connectivity index (χ0v) is 12.9. The van der Waals surface area contributed by atoms with Gasteiger partial charge in [-0.05, 0) is 38.0 Å². The molecule has 0 aliphatic carbocycles. The van der Waals surface area contributed by atoms with E-state index in [9.17, 15) is 0 Å². The molecule has 0 saturated heterocycles. The van der Waals surface area contributed by atoms with Gasteiger partial charge >= 0.3 is 0 Å². The summed E-state index contributed by atoms with van der Waals surface area (Å²) in [5, 5.41) is 0. The van der Waals surface area contributed by atoms with E-state index in [-0.39, 0.29) is 0 Å².